The molecule has 1 fully saturated rings. The number of aryl methyl sites for hydroxylation is 3. The van der Waals surface area contributed by atoms with Crippen LogP contribution < -0.4 is 19.7 Å². The van der Waals surface area contributed by atoms with Crippen molar-refractivity contribution in [2.24, 2.45) is 7.05 Å². The number of piperazine rings is 1. The first-order valence-electron chi connectivity index (χ1n) is 16.2. The highest BCUT2D eigenvalue weighted by Crippen LogP contribution is 2.32. The zero-order chi connectivity index (χ0) is 34.4. The lowest BCUT2D eigenvalue weighted by Crippen LogP contribution is -2.44. The van der Waals surface area contributed by atoms with Gasteiger partial charge in [-0.25, -0.2) is 9.78 Å². The van der Waals surface area contributed by atoms with Crippen molar-refractivity contribution in [1.82, 2.24) is 19.4 Å². The van der Waals surface area contributed by atoms with Crippen LogP contribution in [0.3, 0.4) is 0 Å². The number of aromatic nitrogens is 2. The van der Waals surface area contributed by atoms with Crippen LogP contribution in [0.5, 0.6) is 11.5 Å². The van der Waals surface area contributed by atoms with Crippen LogP contribution in [0.4, 0.5) is 11.4 Å². The van der Waals surface area contributed by atoms with Gasteiger partial charge < -0.3 is 34.1 Å². The highest BCUT2D eigenvalue weighted by Gasteiger charge is 2.22. The van der Waals surface area contributed by atoms with E-state index in [1.54, 1.807) is 31.3 Å². The third kappa shape index (κ3) is 7.54. The molecule has 0 spiro atoms. The number of carbonyl (C=O) groups is 2. The van der Waals surface area contributed by atoms with E-state index in [4.69, 9.17) is 9.47 Å². The second kappa shape index (κ2) is 15.2. The van der Waals surface area contributed by atoms with Crippen molar-refractivity contribution in [3.63, 3.8) is 0 Å². The second-order valence-corrected chi connectivity index (χ2v) is 12.2. The van der Waals surface area contributed by atoms with Gasteiger partial charge in [-0.05, 0) is 88.2 Å². The zero-order valence-electron chi connectivity index (χ0n) is 28.6. The van der Waals surface area contributed by atoms with Gasteiger partial charge in [-0.1, -0.05) is 12.1 Å². The van der Waals surface area contributed by atoms with Gasteiger partial charge in [0.2, 0.25) is 0 Å². The number of amides is 2. The monoisotopic (exact) mass is 652 g/mol. The Morgan fingerprint density at radius 3 is 2.48 bits per heavy atom. The predicted molar refractivity (Wildman–Crippen MR) is 188 cm³/mol. The summed E-state index contributed by atoms with van der Waals surface area (Å²) in [6.45, 7) is 7.88. The number of benzene rings is 3. The fourth-order valence-electron chi connectivity index (χ4n) is 5.88. The number of allylic oxidation sites excluding steroid dienone is 1. The Morgan fingerprint density at radius 1 is 0.979 bits per heavy atom. The van der Waals surface area contributed by atoms with E-state index in [0.717, 1.165) is 61.6 Å². The third-order valence-corrected chi connectivity index (χ3v) is 8.93. The van der Waals surface area contributed by atoms with Crippen LogP contribution in [0, 0.1) is 13.8 Å². The van der Waals surface area contributed by atoms with E-state index in [1.807, 2.05) is 55.8 Å². The molecule has 2 heterocycles. The number of methoxy groups -OCH3 is 1. The lowest BCUT2D eigenvalue weighted by molar-refractivity contribution is 0.0987. The molecule has 11 heteroatoms. The number of nitrogens with one attached hydrogen (secondary N) is 1. The number of rotatable bonds is 12. The molecule has 1 N–H and O–H groups in total. The highest BCUT2D eigenvalue weighted by molar-refractivity contribution is 6.11. The Hall–Kier alpha value is -5.12. The van der Waals surface area contributed by atoms with Crippen molar-refractivity contribution >= 4 is 40.2 Å². The van der Waals surface area contributed by atoms with Crippen LogP contribution in [0.2, 0.25) is 0 Å². The van der Waals surface area contributed by atoms with E-state index in [1.165, 1.54) is 12.0 Å². The van der Waals surface area contributed by atoms with E-state index in [-0.39, 0.29) is 17.6 Å². The van der Waals surface area contributed by atoms with Gasteiger partial charge in [0, 0.05) is 45.8 Å². The Kier molecular flexibility index (Phi) is 10.8. The standard InChI is InChI=1S/C37H44N6O5/c1-25-13-16-31(34(22-25)48-21-8-7-10-28(24-44)43-19-17-40(3)18-20-43)42(5)37(46)27-14-15-29(33(23-27)47-6)36(45)39-30-11-9-12-32-35(30)38-26(2)41(32)4/h9,11-16,22-23H,7-8,10,17-21H2,1-6H3,(H,39,45). The molecule has 5 rings (SSSR count). The number of nitrogens with zero attached hydrogens (tertiary/aromatic N) is 5. The first-order chi connectivity index (χ1) is 23.1. The number of fused-ring (bicyclic) bond motifs is 1. The molecule has 1 aliphatic rings. The summed E-state index contributed by atoms with van der Waals surface area (Å²) in [5.74, 6) is 3.20. The van der Waals surface area contributed by atoms with Crippen molar-refractivity contribution in [3.8, 4) is 11.5 Å². The molecule has 2 amide bonds. The summed E-state index contributed by atoms with van der Waals surface area (Å²) in [5, 5.41) is 2.95. The SMILES string of the molecule is COc1cc(C(=O)N(C)c2ccc(C)cc2OCCCCC(=C=O)N2CCN(C)CC2)ccc1C(=O)Nc1cccc2c1nc(C)n2C. The van der Waals surface area contributed by atoms with Crippen molar-refractivity contribution in [2.45, 2.75) is 33.1 Å². The molecular formula is C37H44N6O5. The average molecular weight is 653 g/mol. The minimum absolute atomic E-state index is 0.275. The van der Waals surface area contributed by atoms with Crippen molar-refractivity contribution < 1.29 is 23.9 Å². The van der Waals surface area contributed by atoms with Gasteiger partial charge in [0.25, 0.3) is 11.8 Å². The molecule has 252 valence electrons. The molecule has 11 nitrogen and oxygen atoms in total. The second-order valence-electron chi connectivity index (χ2n) is 12.2. The number of carbonyl (C=O) groups excluding carboxylic acids is 3. The van der Waals surface area contributed by atoms with Gasteiger partial charge in [-0.15, -0.1) is 0 Å². The van der Waals surface area contributed by atoms with Crippen molar-refractivity contribution in [2.75, 3.05) is 64.2 Å². The van der Waals surface area contributed by atoms with Crippen LogP contribution in [0.25, 0.3) is 11.0 Å². The number of hydrogen-bond acceptors (Lipinski definition) is 8. The van der Waals surface area contributed by atoms with E-state index < -0.39 is 0 Å². The molecule has 48 heavy (non-hydrogen) atoms. The number of para-hydroxylation sites is 1. The number of unbranched alkanes of at least 4 members (excludes halogenated alkanes) is 1. The lowest BCUT2D eigenvalue weighted by atomic mass is 10.1. The van der Waals surface area contributed by atoms with Crippen molar-refractivity contribution in [1.29, 1.82) is 0 Å². The number of hydrogen-bond donors (Lipinski definition) is 1. The summed E-state index contributed by atoms with van der Waals surface area (Å²) in [5.41, 5.74) is 5.20. The van der Waals surface area contributed by atoms with E-state index >= 15 is 0 Å². The average Bonchev–Trinajstić information content (AvgIpc) is 3.39. The zero-order valence-corrected chi connectivity index (χ0v) is 28.6. The summed E-state index contributed by atoms with van der Waals surface area (Å²) < 4.78 is 13.7. The maximum atomic E-state index is 13.7. The molecule has 1 aromatic heterocycles. The predicted octanol–water partition coefficient (Wildman–Crippen LogP) is 5.24. The molecular weight excluding hydrogens is 608 g/mol. The van der Waals surface area contributed by atoms with Gasteiger partial charge in [0.1, 0.15) is 28.8 Å². The Bertz CT molecular complexity index is 1850. The molecule has 3 aromatic carbocycles. The number of anilines is 2. The molecule has 0 saturated carbocycles. The van der Waals surface area contributed by atoms with Crippen molar-refractivity contribution in [3.05, 3.63) is 82.8 Å². The van der Waals surface area contributed by atoms with Gasteiger partial charge in [0.05, 0.1) is 41.9 Å². The van der Waals surface area contributed by atoms with Gasteiger partial charge in [-0.2, -0.15) is 0 Å². The van der Waals surface area contributed by atoms with Gasteiger partial charge in [0.15, 0.2) is 0 Å². The minimum Gasteiger partial charge on any atom is -0.496 e. The topological polar surface area (TPSA) is 109 Å². The molecule has 0 unspecified atom stereocenters. The first kappa shape index (κ1) is 34.2. The van der Waals surface area contributed by atoms with Crippen LogP contribution in [-0.2, 0) is 11.8 Å². The van der Waals surface area contributed by atoms with Gasteiger partial charge >= 0.3 is 0 Å². The first-order valence-corrected chi connectivity index (χ1v) is 16.2. The maximum Gasteiger partial charge on any atom is 0.259 e. The summed E-state index contributed by atoms with van der Waals surface area (Å²) in [7, 11) is 7.18. The normalized spacial score (nSPS) is 13.2. The number of ether oxygens (including phenoxy) is 2. The highest BCUT2D eigenvalue weighted by atomic mass is 16.5. The molecule has 0 aliphatic carbocycles. The summed E-state index contributed by atoms with van der Waals surface area (Å²) >= 11 is 0. The number of likely N-dealkylation sites (N-methyl/N-ethyl adjacent to an activating group) is 1. The summed E-state index contributed by atoms with van der Waals surface area (Å²) in [6, 6.07) is 16.1. The molecule has 0 radical (unpaired) electrons. The van der Waals surface area contributed by atoms with E-state index in [2.05, 4.69) is 33.1 Å². The summed E-state index contributed by atoms with van der Waals surface area (Å²) in [6.07, 6.45) is 2.20. The van der Waals surface area contributed by atoms with Crippen LogP contribution in [0.1, 0.15) is 51.4 Å². The molecule has 0 bridgehead atoms. The lowest BCUT2D eigenvalue weighted by Gasteiger charge is -2.34. The Morgan fingerprint density at radius 2 is 1.75 bits per heavy atom. The minimum atomic E-state index is -0.372. The molecule has 1 saturated heterocycles. The van der Waals surface area contributed by atoms with Crippen LogP contribution >= 0.6 is 0 Å². The third-order valence-electron chi connectivity index (χ3n) is 8.93. The van der Waals surface area contributed by atoms with Gasteiger partial charge in [-0.3, -0.25) is 9.59 Å². The quantitative estimate of drug-likeness (QED) is 0.164. The smallest absolute Gasteiger partial charge is 0.259 e. The Balaban J connectivity index is 1.24. The van der Waals surface area contributed by atoms with E-state index in [0.29, 0.717) is 46.8 Å². The molecule has 4 aromatic rings. The maximum absolute atomic E-state index is 13.7. The Labute approximate surface area is 281 Å². The fraction of sp³-hybridized carbons (Fsp3) is 0.378. The summed E-state index contributed by atoms with van der Waals surface area (Å²) in [4.78, 5) is 49.2. The fourth-order valence-corrected chi connectivity index (χ4v) is 5.88. The molecule has 1 aliphatic heterocycles. The van der Waals surface area contributed by atoms with Crippen LogP contribution in [-0.4, -0.2) is 91.1 Å². The molecule has 0 atom stereocenters. The largest absolute Gasteiger partial charge is 0.496 e. The van der Waals surface area contributed by atoms with E-state index in [9.17, 15) is 14.4 Å². The van der Waals surface area contributed by atoms with Crippen LogP contribution in [0.15, 0.2) is 60.3 Å². The number of imidazole rings is 1.